The van der Waals surface area contributed by atoms with Gasteiger partial charge in [-0.1, -0.05) is 17.7 Å². The van der Waals surface area contributed by atoms with Gasteiger partial charge in [0.2, 0.25) is 0 Å². The zero-order chi connectivity index (χ0) is 11.8. The summed E-state index contributed by atoms with van der Waals surface area (Å²) in [4.78, 5) is 1.46. The van der Waals surface area contributed by atoms with Crippen molar-refractivity contribution >= 4 is 12.7 Å². The van der Waals surface area contributed by atoms with E-state index in [-0.39, 0.29) is 0 Å². The fourth-order valence-electron chi connectivity index (χ4n) is 2.24. The predicted octanol–water partition coefficient (Wildman–Crippen LogP) is 3.13. The standard InChI is InChI=1S/C11H14BF3N/c1-9-4-5-11-10(7-9)3-2-6-16(11)8-12(13,14)15/h4-5,7H,2-3,6,8H2,1H3/q-1. The van der Waals surface area contributed by atoms with Gasteiger partial charge in [-0.15, -0.1) is 0 Å². The molecule has 1 aromatic carbocycles. The largest absolute Gasteiger partial charge is 0.497 e. The van der Waals surface area contributed by atoms with E-state index in [0.29, 0.717) is 6.54 Å². The summed E-state index contributed by atoms with van der Waals surface area (Å²) in [5, 5.41) is 0. The Morgan fingerprint density at radius 2 is 2.06 bits per heavy atom. The minimum absolute atomic E-state index is 0.511. The highest BCUT2D eigenvalue weighted by Crippen LogP contribution is 2.29. The Hall–Kier alpha value is -1.13. The fourth-order valence-corrected chi connectivity index (χ4v) is 2.24. The van der Waals surface area contributed by atoms with E-state index in [0.717, 1.165) is 29.7 Å². The van der Waals surface area contributed by atoms with Crippen molar-refractivity contribution in [2.45, 2.75) is 19.8 Å². The summed E-state index contributed by atoms with van der Waals surface area (Å²) in [6, 6.07) is 5.68. The molecule has 0 spiro atoms. The molecule has 0 saturated heterocycles. The van der Waals surface area contributed by atoms with E-state index in [1.54, 1.807) is 0 Å². The van der Waals surface area contributed by atoms with Gasteiger partial charge in [-0.3, -0.25) is 0 Å². The van der Waals surface area contributed by atoms with E-state index >= 15 is 0 Å². The molecule has 1 heterocycles. The molecule has 0 N–H and O–H groups in total. The lowest BCUT2D eigenvalue weighted by Gasteiger charge is -2.35. The minimum atomic E-state index is -4.74. The molecule has 0 saturated carbocycles. The number of aryl methyl sites for hydroxylation is 2. The summed E-state index contributed by atoms with van der Waals surface area (Å²) < 4.78 is 37.3. The number of nitrogens with zero attached hydrogens (tertiary/aromatic N) is 1. The number of rotatable bonds is 2. The maximum Gasteiger partial charge on any atom is 0.497 e. The molecule has 0 radical (unpaired) electrons. The number of halogens is 3. The van der Waals surface area contributed by atoms with Crippen LogP contribution < -0.4 is 4.90 Å². The van der Waals surface area contributed by atoms with Crippen molar-refractivity contribution in [3.05, 3.63) is 29.3 Å². The Balaban J connectivity index is 2.26. The second-order valence-corrected chi connectivity index (χ2v) is 4.39. The van der Waals surface area contributed by atoms with Gasteiger partial charge in [0, 0.05) is 12.2 Å². The zero-order valence-electron chi connectivity index (χ0n) is 9.22. The van der Waals surface area contributed by atoms with Crippen molar-refractivity contribution in [3.8, 4) is 0 Å². The Kier molecular flexibility index (Phi) is 2.87. The van der Waals surface area contributed by atoms with Crippen molar-refractivity contribution < 1.29 is 12.9 Å². The van der Waals surface area contributed by atoms with E-state index < -0.39 is 13.4 Å². The number of hydrogen-bond donors (Lipinski definition) is 0. The van der Waals surface area contributed by atoms with Crippen LogP contribution in [0.1, 0.15) is 17.5 Å². The Morgan fingerprint density at radius 1 is 1.31 bits per heavy atom. The van der Waals surface area contributed by atoms with Crippen LogP contribution in [0.5, 0.6) is 0 Å². The molecule has 0 amide bonds. The molecule has 1 aliphatic rings. The molecule has 1 nitrogen and oxygen atoms in total. The van der Waals surface area contributed by atoms with Crippen LogP contribution in [-0.4, -0.2) is 20.0 Å². The molecule has 0 aliphatic carbocycles. The van der Waals surface area contributed by atoms with Crippen LogP contribution in [0.3, 0.4) is 0 Å². The van der Waals surface area contributed by atoms with Crippen molar-refractivity contribution in [1.29, 1.82) is 0 Å². The molecular weight excluding hydrogens is 214 g/mol. The highest BCUT2D eigenvalue weighted by Gasteiger charge is 2.28. The summed E-state index contributed by atoms with van der Waals surface area (Å²) in [7, 11) is 0. The van der Waals surface area contributed by atoms with E-state index in [4.69, 9.17) is 0 Å². The Morgan fingerprint density at radius 3 is 2.75 bits per heavy atom. The number of anilines is 1. The molecule has 5 heteroatoms. The molecule has 0 aromatic heterocycles. The van der Waals surface area contributed by atoms with Gasteiger partial charge in [0.25, 0.3) is 0 Å². The maximum absolute atomic E-state index is 12.4. The summed E-state index contributed by atoms with van der Waals surface area (Å²) >= 11 is 0. The lowest BCUT2D eigenvalue weighted by Crippen LogP contribution is -2.40. The van der Waals surface area contributed by atoms with E-state index in [1.807, 2.05) is 25.1 Å². The average molecular weight is 228 g/mol. The van der Waals surface area contributed by atoms with Crippen molar-refractivity contribution in [3.63, 3.8) is 0 Å². The van der Waals surface area contributed by atoms with Gasteiger partial charge in [0.05, 0.1) is 0 Å². The molecule has 0 unspecified atom stereocenters. The molecule has 2 rings (SSSR count). The summed E-state index contributed by atoms with van der Waals surface area (Å²) in [5.41, 5.74) is 2.92. The summed E-state index contributed by atoms with van der Waals surface area (Å²) in [6.07, 6.45) is 0.914. The highest BCUT2D eigenvalue weighted by atomic mass is 19.4. The number of benzene rings is 1. The Bertz CT molecular complexity index is 389. The quantitative estimate of drug-likeness (QED) is 0.703. The van der Waals surface area contributed by atoms with Crippen LogP contribution in [0.15, 0.2) is 18.2 Å². The van der Waals surface area contributed by atoms with Crippen molar-refractivity contribution in [1.82, 2.24) is 0 Å². The zero-order valence-corrected chi connectivity index (χ0v) is 9.22. The minimum Gasteiger partial charge on any atom is -0.448 e. The van der Waals surface area contributed by atoms with Gasteiger partial charge >= 0.3 is 6.98 Å². The third kappa shape index (κ3) is 2.51. The molecule has 0 fully saturated rings. The lowest BCUT2D eigenvalue weighted by atomic mass is 9.88. The number of hydrogen-bond acceptors (Lipinski definition) is 1. The smallest absolute Gasteiger partial charge is 0.448 e. The van der Waals surface area contributed by atoms with E-state index in [2.05, 4.69) is 0 Å². The summed E-state index contributed by atoms with van der Waals surface area (Å²) in [6.45, 7) is -2.27. The lowest BCUT2D eigenvalue weighted by molar-refractivity contribution is 0.464. The summed E-state index contributed by atoms with van der Waals surface area (Å²) in [5.74, 6) is 0. The third-order valence-electron chi connectivity index (χ3n) is 2.88. The molecular formula is C11H14BF3N-. The van der Waals surface area contributed by atoms with Gasteiger partial charge in [0.1, 0.15) is 0 Å². The van der Waals surface area contributed by atoms with Crippen LogP contribution in [0.25, 0.3) is 0 Å². The van der Waals surface area contributed by atoms with Crippen LogP contribution in [0, 0.1) is 6.92 Å². The van der Waals surface area contributed by atoms with Crippen LogP contribution in [-0.2, 0) is 6.42 Å². The maximum atomic E-state index is 12.4. The first-order chi connectivity index (χ1) is 7.46. The second-order valence-electron chi connectivity index (χ2n) is 4.39. The van der Waals surface area contributed by atoms with Gasteiger partial charge in [0.15, 0.2) is 0 Å². The first-order valence-electron chi connectivity index (χ1n) is 5.51. The Labute approximate surface area is 93.3 Å². The topological polar surface area (TPSA) is 3.24 Å². The van der Waals surface area contributed by atoms with Crippen molar-refractivity contribution in [2.75, 3.05) is 17.9 Å². The molecule has 0 atom stereocenters. The fraction of sp³-hybridized carbons (Fsp3) is 0.455. The molecule has 1 aromatic rings. The average Bonchev–Trinajstić information content (AvgIpc) is 2.15. The van der Waals surface area contributed by atoms with E-state index in [1.165, 1.54) is 4.90 Å². The van der Waals surface area contributed by atoms with Crippen LogP contribution in [0.4, 0.5) is 18.6 Å². The first kappa shape index (κ1) is 11.4. The predicted molar refractivity (Wildman–Crippen MR) is 60.8 cm³/mol. The number of fused-ring (bicyclic) bond motifs is 1. The van der Waals surface area contributed by atoms with Crippen molar-refractivity contribution in [2.24, 2.45) is 0 Å². The monoisotopic (exact) mass is 228 g/mol. The second kappa shape index (κ2) is 4.03. The van der Waals surface area contributed by atoms with Crippen LogP contribution >= 0.6 is 0 Å². The molecule has 16 heavy (non-hydrogen) atoms. The normalized spacial score (nSPS) is 16.1. The van der Waals surface area contributed by atoms with Gasteiger partial charge in [-0.2, -0.15) is 0 Å². The van der Waals surface area contributed by atoms with Gasteiger partial charge in [-0.05, 0) is 37.8 Å². The third-order valence-corrected chi connectivity index (χ3v) is 2.88. The van der Waals surface area contributed by atoms with Crippen LogP contribution in [0.2, 0.25) is 0 Å². The molecule has 88 valence electrons. The SMILES string of the molecule is Cc1ccc2c(c1)CCCN2C[B-](F)(F)F. The first-order valence-corrected chi connectivity index (χ1v) is 5.51. The highest BCUT2D eigenvalue weighted by molar-refractivity contribution is 6.59. The van der Waals surface area contributed by atoms with E-state index in [9.17, 15) is 12.9 Å². The molecule has 1 aliphatic heterocycles. The molecule has 0 bridgehead atoms. The van der Waals surface area contributed by atoms with Gasteiger partial charge < -0.3 is 17.8 Å². The van der Waals surface area contributed by atoms with Gasteiger partial charge in [-0.25, -0.2) is 0 Å².